The standard InChI is InChI=1S/C14H22NO8P/c1-11(15-7-5-4-6-13(15)16)22-14(9-19-2)10-21-8-12(14)23-24(17,18)20-3/h4-7,11-12H,8-10H2,1-3H3,(H,17,18)/t11?,12-,14-/m0/s1. The quantitative estimate of drug-likeness (QED) is 0.680. The summed E-state index contributed by atoms with van der Waals surface area (Å²) in [6.07, 6.45) is 0.0306. The third-order valence-electron chi connectivity index (χ3n) is 3.73. The van der Waals surface area contributed by atoms with Gasteiger partial charge in [0.25, 0.3) is 5.56 Å². The van der Waals surface area contributed by atoms with Crippen LogP contribution in [-0.2, 0) is 27.8 Å². The van der Waals surface area contributed by atoms with Crippen LogP contribution in [0.25, 0.3) is 0 Å². The van der Waals surface area contributed by atoms with Gasteiger partial charge in [-0.3, -0.25) is 18.4 Å². The fraction of sp³-hybridized carbons (Fsp3) is 0.643. The largest absolute Gasteiger partial charge is 0.472 e. The summed E-state index contributed by atoms with van der Waals surface area (Å²) in [5.41, 5.74) is -1.39. The van der Waals surface area contributed by atoms with Gasteiger partial charge in [0, 0.05) is 26.5 Å². The lowest BCUT2D eigenvalue weighted by Crippen LogP contribution is -2.50. The lowest BCUT2D eigenvalue weighted by Gasteiger charge is -2.35. The van der Waals surface area contributed by atoms with Crippen LogP contribution in [0.1, 0.15) is 13.2 Å². The van der Waals surface area contributed by atoms with Gasteiger partial charge in [0.15, 0.2) is 0 Å². The first-order chi connectivity index (χ1) is 11.3. The lowest BCUT2D eigenvalue weighted by molar-refractivity contribution is -0.177. The Morgan fingerprint density at radius 3 is 2.88 bits per heavy atom. The van der Waals surface area contributed by atoms with Gasteiger partial charge < -0.3 is 19.1 Å². The molecule has 0 bridgehead atoms. The van der Waals surface area contributed by atoms with Crippen molar-refractivity contribution in [3.63, 3.8) is 0 Å². The fourth-order valence-electron chi connectivity index (χ4n) is 2.57. The van der Waals surface area contributed by atoms with Crippen LogP contribution in [0.2, 0.25) is 0 Å². The number of hydrogen-bond donors (Lipinski definition) is 1. The molecule has 1 fully saturated rings. The van der Waals surface area contributed by atoms with Gasteiger partial charge in [-0.2, -0.15) is 0 Å². The molecular weight excluding hydrogens is 341 g/mol. The second-order valence-corrected chi connectivity index (χ2v) is 6.93. The average molecular weight is 363 g/mol. The molecule has 136 valence electrons. The van der Waals surface area contributed by atoms with Crippen LogP contribution in [0.4, 0.5) is 0 Å². The SMILES string of the molecule is COC[C@]1(OC(C)n2ccccc2=O)COC[C@@H]1OP(=O)(O)OC. The third kappa shape index (κ3) is 4.31. The highest BCUT2D eigenvalue weighted by Gasteiger charge is 2.50. The average Bonchev–Trinajstić information content (AvgIpc) is 2.89. The lowest BCUT2D eigenvalue weighted by atomic mass is 10.0. The zero-order valence-corrected chi connectivity index (χ0v) is 14.7. The first kappa shape index (κ1) is 19.3. The first-order valence-electron chi connectivity index (χ1n) is 7.32. The van der Waals surface area contributed by atoms with Crippen molar-refractivity contribution in [2.24, 2.45) is 0 Å². The van der Waals surface area contributed by atoms with Gasteiger partial charge in [-0.15, -0.1) is 0 Å². The molecule has 10 heteroatoms. The van der Waals surface area contributed by atoms with Gasteiger partial charge in [0.05, 0.1) is 19.8 Å². The van der Waals surface area contributed by atoms with E-state index in [2.05, 4.69) is 4.52 Å². The van der Waals surface area contributed by atoms with Crippen LogP contribution in [-0.4, -0.2) is 55.2 Å². The van der Waals surface area contributed by atoms with E-state index in [1.165, 1.54) is 17.7 Å². The van der Waals surface area contributed by atoms with E-state index in [0.717, 1.165) is 7.11 Å². The normalized spacial score (nSPS) is 27.8. The second-order valence-electron chi connectivity index (χ2n) is 5.42. The molecule has 4 atom stereocenters. The number of rotatable bonds is 8. The molecule has 0 radical (unpaired) electrons. The summed E-state index contributed by atoms with van der Waals surface area (Å²) in [4.78, 5) is 21.5. The van der Waals surface area contributed by atoms with Crippen LogP contribution in [0.15, 0.2) is 29.2 Å². The van der Waals surface area contributed by atoms with Gasteiger partial charge >= 0.3 is 7.82 Å². The van der Waals surface area contributed by atoms with Gasteiger partial charge in [-0.05, 0) is 13.0 Å². The number of aromatic nitrogens is 1. The summed E-state index contributed by atoms with van der Waals surface area (Å²) in [6, 6.07) is 4.74. The fourth-order valence-corrected chi connectivity index (χ4v) is 3.23. The Balaban J connectivity index is 2.24. The van der Waals surface area contributed by atoms with E-state index >= 15 is 0 Å². The molecule has 9 nitrogen and oxygen atoms in total. The maximum atomic E-state index is 11.9. The Hall–Kier alpha value is -1.06. The molecule has 2 heterocycles. The second kappa shape index (κ2) is 7.88. The van der Waals surface area contributed by atoms with E-state index in [0.29, 0.717) is 0 Å². The molecule has 24 heavy (non-hydrogen) atoms. The monoisotopic (exact) mass is 363 g/mol. The number of hydrogen-bond acceptors (Lipinski definition) is 7. The molecule has 0 aliphatic carbocycles. The molecule has 0 aromatic carbocycles. The molecule has 1 aromatic heterocycles. The maximum Gasteiger partial charge on any atom is 0.472 e. The summed E-state index contributed by atoms with van der Waals surface area (Å²) in [5.74, 6) is 0. The Bertz CT molecular complexity index is 650. The summed E-state index contributed by atoms with van der Waals surface area (Å²) in [6.45, 7) is 1.85. The minimum Gasteiger partial charge on any atom is -0.381 e. The zero-order chi connectivity index (χ0) is 17.8. The predicted octanol–water partition coefficient (Wildman–Crippen LogP) is 0.931. The van der Waals surface area contributed by atoms with Crippen molar-refractivity contribution in [2.45, 2.75) is 24.9 Å². The number of pyridine rings is 1. The van der Waals surface area contributed by atoms with E-state index in [1.54, 1.807) is 25.3 Å². The molecule has 1 aliphatic heterocycles. The number of methoxy groups -OCH3 is 1. The topological polar surface area (TPSA) is 105 Å². The van der Waals surface area contributed by atoms with Crippen molar-refractivity contribution in [3.05, 3.63) is 34.7 Å². The molecule has 0 amide bonds. The van der Waals surface area contributed by atoms with Crippen molar-refractivity contribution >= 4 is 7.82 Å². The van der Waals surface area contributed by atoms with Crippen molar-refractivity contribution < 1.29 is 32.7 Å². The smallest absolute Gasteiger partial charge is 0.381 e. The maximum absolute atomic E-state index is 11.9. The van der Waals surface area contributed by atoms with Crippen LogP contribution in [0.5, 0.6) is 0 Å². The Labute approximate surface area is 139 Å². The molecule has 2 unspecified atom stereocenters. The predicted molar refractivity (Wildman–Crippen MR) is 83.6 cm³/mol. The third-order valence-corrected chi connectivity index (χ3v) is 4.71. The minimum atomic E-state index is -4.24. The van der Waals surface area contributed by atoms with Crippen LogP contribution >= 0.6 is 7.82 Å². The highest BCUT2D eigenvalue weighted by molar-refractivity contribution is 7.47. The molecule has 2 rings (SSSR count). The van der Waals surface area contributed by atoms with Crippen molar-refractivity contribution in [2.75, 3.05) is 34.0 Å². The van der Waals surface area contributed by atoms with Crippen molar-refractivity contribution in [1.29, 1.82) is 0 Å². The van der Waals surface area contributed by atoms with Crippen LogP contribution < -0.4 is 5.56 Å². The Morgan fingerprint density at radius 1 is 1.50 bits per heavy atom. The zero-order valence-electron chi connectivity index (χ0n) is 13.8. The summed E-state index contributed by atoms with van der Waals surface area (Å²) < 4.78 is 39.3. The number of phosphoric acid groups is 1. The summed E-state index contributed by atoms with van der Waals surface area (Å²) >= 11 is 0. The number of nitrogens with zero attached hydrogens (tertiary/aromatic N) is 1. The molecule has 0 spiro atoms. The number of phosphoric ester groups is 1. The van der Waals surface area contributed by atoms with Crippen molar-refractivity contribution in [1.82, 2.24) is 4.57 Å². The van der Waals surface area contributed by atoms with E-state index in [9.17, 15) is 14.3 Å². The molecular formula is C14H22NO8P. The minimum absolute atomic E-state index is 0.0354. The summed E-state index contributed by atoms with van der Waals surface area (Å²) in [5, 5.41) is 0. The molecule has 0 saturated carbocycles. The molecule has 1 aromatic rings. The van der Waals surface area contributed by atoms with E-state index in [-0.39, 0.29) is 25.4 Å². The Kier molecular flexibility index (Phi) is 6.33. The van der Waals surface area contributed by atoms with Crippen LogP contribution in [0.3, 0.4) is 0 Å². The molecule has 1 aliphatic rings. The highest BCUT2D eigenvalue weighted by Crippen LogP contribution is 2.47. The van der Waals surface area contributed by atoms with E-state index in [1.807, 2.05) is 0 Å². The summed E-state index contributed by atoms with van der Waals surface area (Å²) in [7, 11) is -1.70. The van der Waals surface area contributed by atoms with Gasteiger partial charge in [0.1, 0.15) is 17.9 Å². The van der Waals surface area contributed by atoms with E-state index in [4.69, 9.17) is 18.7 Å². The highest BCUT2D eigenvalue weighted by atomic mass is 31.2. The van der Waals surface area contributed by atoms with E-state index < -0.39 is 25.8 Å². The van der Waals surface area contributed by atoms with Gasteiger partial charge in [-0.25, -0.2) is 4.57 Å². The van der Waals surface area contributed by atoms with Crippen LogP contribution in [0, 0.1) is 0 Å². The van der Waals surface area contributed by atoms with Gasteiger partial charge in [-0.1, -0.05) is 6.07 Å². The Morgan fingerprint density at radius 2 is 2.25 bits per heavy atom. The van der Waals surface area contributed by atoms with Gasteiger partial charge in [0.2, 0.25) is 0 Å². The van der Waals surface area contributed by atoms with Crippen molar-refractivity contribution in [3.8, 4) is 0 Å². The first-order valence-corrected chi connectivity index (χ1v) is 8.82. The molecule has 1 N–H and O–H groups in total. The number of ether oxygens (including phenoxy) is 3. The molecule has 1 saturated heterocycles.